The Morgan fingerprint density at radius 3 is 2.48 bits per heavy atom. The number of hydrogen-bond donors (Lipinski definition) is 0. The zero-order valence-electron chi connectivity index (χ0n) is 15.5. The van der Waals surface area contributed by atoms with Crippen molar-refractivity contribution in [1.29, 1.82) is 0 Å². The first-order chi connectivity index (χ1) is 13.1. The molecule has 2 heterocycles. The third-order valence-corrected chi connectivity index (χ3v) is 4.84. The molecule has 0 unspecified atom stereocenters. The molecular weight excluding hydrogens is 340 g/mol. The van der Waals surface area contributed by atoms with Gasteiger partial charge in [0.25, 0.3) is 5.91 Å². The Kier molecular flexibility index (Phi) is 4.62. The van der Waals surface area contributed by atoms with Gasteiger partial charge in [-0.1, -0.05) is 35.5 Å². The average molecular weight is 362 g/mol. The van der Waals surface area contributed by atoms with E-state index in [1.807, 2.05) is 78.5 Å². The lowest BCUT2D eigenvalue weighted by atomic mass is 9.98. The summed E-state index contributed by atoms with van der Waals surface area (Å²) < 4.78 is 5.41. The summed E-state index contributed by atoms with van der Waals surface area (Å²) in [5.74, 6) is 1.46. The summed E-state index contributed by atoms with van der Waals surface area (Å²) in [5.41, 5.74) is 2.93. The molecule has 0 saturated carbocycles. The largest absolute Gasteiger partial charge is 0.378 e. The van der Waals surface area contributed by atoms with E-state index in [1.54, 1.807) is 0 Å². The number of carbonyl (C=O) groups is 1. The first-order valence-electron chi connectivity index (χ1n) is 9.03. The number of hydrogen-bond acceptors (Lipinski definition) is 5. The quantitative estimate of drug-likeness (QED) is 0.698. The summed E-state index contributed by atoms with van der Waals surface area (Å²) in [6, 6.07) is 17.7. The molecule has 2 aromatic carbocycles. The van der Waals surface area contributed by atoms with Crippen LogP contribution in [0.5, 0.6) is 0 Å². The monoisotopic (exact) mass is 362 g/mol. The number of benzene rings is 2. The molecule has 0 spiro atoms. The highest BCUT2D eigenvalue weighted by Crippen LogP contribution is 2.28. The molecule has 1 aliphatic heterocycles. The van der Waals surface area contributed by atoms with Gasteiger partial charge in [-0.2, -0.15) is 4.98 Å². The normalized spacial score (nSPS) is 14.1. The topological polar surface area (TPSA) is 62.5 Å². The van der Waals surface area contributed by atoms with Gasteiger partial charge in [0.15, 0.2) is 5.82 Å². The minimum atomic E-state index is 0.0422. The standard InChI is InChI=1S/C21H22N4O2/c1-24(2)18-10-8-16(9-11-18)21(26)25-13-17(14-25)20-22-19(23-27-20)12-15-6-4-3-5-7-15/h3-11,17H,12-14H2,1-2H3. The van der Waals surface area contributed by atoms with E-state index in [0.29, 0.717) is 36.8 Å². The third-order valence-electron chi connectivity index (χ3n) is 4.84. The molecule has 0 aliphatic carbocycles. The molecule has 6 heteroatoms. The van der Waals surface area contributed by atoms with Crippen molar-refractivity contribution in [2.45, 2.75) is 12.3 Å². The molecule has 138 valence electrons. The molecule has 1 aliphatic rings. The van der Waals surface area contributed by atoms with E-state index >= 15 is 0 Å². The third kappa shape index (κ3) is 3.69. The van der Waals surface area contributed by atoms with Crippen LogP contribution in [-0.4, -0.2) is 48.1 Å². The van der Waals surface area contributed by atoms with Gasteiger partial charge in [-0.25, -0.2) is 0 Å². The SMILES string of the molecule is CN(C)c1ccc(C(=O)N2CC(c3nc(Cc4ccccc4)no3)C2)cc1. The van der Waals surface area contributed by atoms with Crippen molar-refractivity contribution in [2.75, 3.05) is 32.1 Å². The Morgan fingerprint density at radius 2 is 1.81 bits per heavy atom. The van der Waals surface area contributed by atoms with Gasteiger partial charge in [-0.05, 0) is 29.8 Å². The van der Waals surface area contributed by atoms with Crippen LogP contribution in [0.4, 0.5) is 5.69 Å². The highest BCUT2D eigenvalue weighted by atomic mass is 16.5. The molecule has 6 nitrogen and oxygen atoms in total. The lowest BCUT2D eigenvalue weighted by molar-refractivity contribution is 0.0569. The van der Waals surface area contributed by atoms with E-state index in [1.165, 1.54) is 0 Å². The van der Waals surface area contributed by atoms with Gasteiger partial charge in [0.05, 0.1) is 5.92 Å². The Bertz CT molecular complexity index is 913. The van der Waals surface area contributed by atoms with E-state index in [4.69, 9.17) is 4.52 Å². The number of amides is 1. The average Bonchev–Trinajstić information content (AvgIpc) is 3.09. The number of rotatable bonds is 5. The van der Waals surface area contributed by atoms with E-state index in [9.17, 15) is 4.79 Å². The zero-order chi connectivity index (χ0) is 18.8. The van der Waals surface area contributed by atoms with Crippen LogP contribution >= 0.6 is 0 Å². The van der Waals surface area contributed by atoms with Crippen LogP contribution in [0.1, 0.15) is 33.6 Å². The number of aromatic nitrogens is 2. The van der Waals surface area contributed by atoms with Crippen molar-refractivity contribution < 1.29 is 9.32 Å². The molecule has 0 radical (unpaired) electrons. The lowest BCUT2D eigenvalue weighted by Gasteiger charge is -2.37. The predicted molar refractivity (Wildman–Crippen MR) is 103 cm³/mol. The first kappa shape index (κ1) is 17.3. The van der Waals surface area contributed by atoms with Gasteiger partial charge in [-0.15, -0.1) is 0 Å². The maximum Gasteiger partial charge on any atom is 0.253 e. The van der Waals surface area contributed by atoms with E-state index in [-0.39, 0.29) is 11.8 Å². The predicted octanol–water partition coefficient (Wildman–Crippen LogP) is 2.97. The van der Waals surface area contributed by atoms with Gasteiger partial charge >= 0.3 is 0 Å². The first-order valence-corrected chi connectivity index (χ1v) is 9.03. The summed E-state index contributed by atoms with van der Waals surface area (Å²) in [6.07, 6.45) is 0.651. The molecular formula is C21H22N4O2. The molecule has 1 amide bonds. The van der Waals surface area contributed by atoms with Gasteiger partial charge in [0, 0.05) is 44.9 Å². The second-order valence-electron chi connectivity index (χ2n) is 7.06. The second kappa shape index (κ2) is 7.23. The zero-order valence-corrected chi connectivity index (χ0v) is 15.5. The van der Waals surface area contributed by atoms with Gasteiger partial charge in [0.1, 0.15) is 0 Å². The van der Waals surface area contributed by atoms with Crippen LogP contribution in [0, 0.1) is 0 Å². The molecule has 1 fully saturated rings. The summed E-state index contributed by atoms with van der Waals surface area (Å²) in [6.45, 7) is 1.22. The molecule has 0 N–H and O–H groups in total. The second-order valence-corrected chi connectivity index (χ2v) is 7.06. The molecule has 1 aromatic heterocycles. The van der Waals surface area contributed by atoms with Crippen LogP contribution in [0.15, 0.2) is 59.1 Å². The van der Waals surface area contributed by atoms with E-state index in [0.717, 1.165) is 11.3 Å². The summed E-state index contributed by atoms with van der Waals surface area (Å²) in [5, 5.41) is 4.07. The number of anilines is 1. The molecule has 0 atom stereocenters. The highest BCUT2D eigenvalue weighted by Gasteiger charge is 2.36. The van der Waals surface area contributed by atoms with Crippen molar-refractivity contribution in [2.24, 2.45) is 0 Å². The lowest BCUT2D eigenvalue weighted by Crippen LogP contribution is -2.48. The summed E-state index contributed by atoms with van der Waals surface area (Å²) in [4.78, 5) is 20.9. The molecule has 0 bridgehead atoms. The Labute approximate surface area is 158 Å². The van der Waals surface area contributed by atoms with Crippen LogP contribution in [0.3, 0.4) is 0 Å². The number of likely N-dealkylation sites (tertiary alicyclic amines) is 1. The summed E-state index contributed by atoms with van der Waals surface area (Å²) >= 11 is 0. The van der Waals surface area contributed by atoms with Crippen LogP contribution in [0.25, 0.3) is 0 Å². The van der Waals surface area contributed by atoms with E-state index < -0.39 is 0 Å². The maximum absolute atomic E-state index is 12.6. The molecule has 3 aromatic rings. The minimum Gasteiger partial charge on any atom is -0.378 e. The fourth-order valence-electron chi connectivity index (χ4n) is 3.17. The number of nitrogens with zero attached hydrogens (tertiary/aromatic N) is 4. The molecule has 1 saturated heterocycles. The fraction of sp³-hybridized carbons (Fsp3) is 0.286. The summed E-state index contributed by atoms with van der Waals surface area (Å²) in [7, 11) is 3.96. The number of carbonyl (C=O) groups excluding carboxylic acids is 1. The Hall–Kier alpha value is -3.15. The van der Waals surface area contributed by atoms with Crippen molar-refractivity contribution in [3.8, 4) is 0 Å². The van der Waals surface area contributed by atoms with Crippen molar-refractivity contribution in [3.63, 3.8) is 0 Å². The van der Waals surface area contributed by atoms with Gasteiger partial charge in [-0.3, -0.25) is 4.79 Å². The smallest absolute Gasteiger partial charge is 0.253 e. The van der Waals surface area contributed by atoms with Gasteiger partial charge in [0.2, 0.25) is 5.89 Å². The van der Waals surface area contributed by atoms with Crippen molar-refractivity contribution in [3.05, 3.63) is 77.4 Å². The van der Waals surface area contributed by atoms with E-state index in [2.05, 4.69) is 10.1 Å². The minimum absolute atomic E-state index is 0.0422. The highest BCUT2D eigenvalue weighted by molar-refractivity contribution is 5.95. The fourth-order valence-corrected chi connectivity index (χ4v) is 3.17. The molecule has 4 rings (SSSR count). The van der Waals surface area contributed by atoms with Crippen molar-refractivity contribution >= 4 is 11.6 Å². The van der Waals surface area contributed by atoms with Crippen LogP contribution in [-0.2, 0) is 6.42 Å². The maximum atomic E-state index is 12.6. The van der Waals surface area contributed by atoms with Crippen LogP contribution < -0.4 is 4.90 Å². The van der Waals surface area contributed by atoms with Crippen LogP contribution in [0.2, 0.25) is 0 Å². The Morgan fingerprint density at radius 1 is 1.11 bits per heavy atom. The van der Waals surface area contributed by atoms with Crippen molar-refractivity contribution in [1.82, 2.24) is 15.0 Å². The molecule has 27 heavy (non-hydrogen) atoms. The Balaban J connectivity index is 1.34. The van der Waals surface area contributed by atoms with Gasteiger partial charge < -0.3 is 14.3 Å².